The zero-order valence-corrected chi connectivity index (χ0v) is 16.3. The second-order valence-corrected chi connectivity index (χ2v) is 5.87. The van der Waals surface area contributed by atoms with Gasteiger partial charge in [-0.2, -0.15) is 5.10 Å². The van der Waals surface area contributed by atoms with Gasteiger partial charge in [0, 0.05) is 11.3 Å². The molecule has 0 radical (unpaired) electrons. The molecule has 2 rings (SSSR count). The molecule has 0 fully saturated rings. The summed E-state index contributed by atoms with van der Waals surface area (Å²) in [5, 5.41) is 7.20. The van der Waals surface area contributed by atoms with Crippen LogP contribution < -0.4 is 25.0 Å². The van der Waals surface area contributed by atoms with Crippen LogP contribution in [0, 0.1) is 6.92 Å². The maximum absolute atomic E-state index is 12.0. The Balaban J connectivity index is 2.03. The molecule has 2 N–H and O–H groups in total. The first kappa shape index (κ1) is 20.1. The summed E-state index contributed by atoms with van der Waals surface area (Å²) in [5.74, 6) is 1.30. The average molecular weight is 371 g/mol. The van der Waals surface area contributed by atoms with Gasteiger partial charge < -0.3 is 19.5 Å². The smallest absolute Gasteiger partial charge is 0.259 e. The van der Waals surface area contributed by atoms with Gasteiger partial charge in [-0.15, -0.1) is 0 Å². The van der Waals surface area contributed by atoms with E-state index < -0.39 is 0 Å². The zero-order chi connectivity index (χ0) is 19.8. The maximum atomic E-state index is 12.0. The fourth-order valence-corrected chi connectivity index (χ4v) is 2.39. The van der Waals surface area contributed by atoms with Crippen molar-refractivity contribution in [2.24, 2.45) is 5.10 Å². The monoisotopic (exact) mass is 371 g/mol. The van der Waals surface area contributed by atoms with E-state index in [0.29, 0.717) is 23.0 Å². The molecule has 0 aliphatic rings. The van der Waals surface area contributed by atoms with E-state index in [1.165, 1.54) is 0 Å². The summed E-state index contributed by atoms with van der Waals surface area (Å²) in [5.41, 5.74) is 5.93. The number of aryl methyl sites for hydroxylation is 1. The Labute approximate surface area is 159 Å². The van der Waals surface area contributed by atoms with Crippen molar-refractivity contribution in [2.75, 3.05) is 33.2 Å². The molecule has 0 saturated heterocycles. The van der Waals surface area contributed by atoms with Crippen LogP contribution in [0.25, 0.3) is 0 Å². The van der Waals surface area contributed by atoms with Crippen molar-refractivity contribution < 1.29 is 19.0 Å². The highest BCUT2D eigenvalue weighted by Gasteiger charge is 2.14. The highest BCUT2D eigenvalue weighted by Crippen LogP contribution is 2.38. The fourth-order valence-electron chi connectivity index (χ4n) is 2.39. The van der Waals surface area contributed by atoms with E-state index in [0.717, 1.165) is 16.8 Å². The SMILES string of the molecule is COc1cc(/C(C)=N/NC(=O)CNc2ccc(C)cc2)cc(OC)c1OC. The minimum atomic E-state index is -0.248. The summed E-state index contributed by atoms with van der Waals surface area (Å²) in [4.78, 5) is 12.0. The summed E-state index contributed by atoms with van der Waals surface area (Å²) in [6.07, 6.45) is 0. The summed E-state index contributed by atoms with van der Waals surface area (Å²) >= 11 is 0. The van der Waals surface area contributed by atoms with Crippen molar-refractivity contribution in [2.45, 2.75) is 13.8 Å². The number of methoxy groups -OCH3 is 3. The number of hydrogen-bond donors (Lipinski definition) is 2. The molecule has 0 atom stereocenters. The molecule has 0 aromatic heterocycles. The second-order valence-electron chi connectivity index (χ2n) is 5.87. The predicted molar refractivity (Wildman–Crippen MR) is 106 cm³/mol. The van der Waals surface area contributed by atoms with Crippen LogP contribution in [0.15, 0.2) is 41.5 Å². The molecule has 2 aromatic rings. The molecule has 27 heavy (non-hydrogen) atoms. The number of hydrogen-bond acceptors (Lipinski definition) is 6. The molecule has 0 heterocycles. The highest BCUT2D eigenvalue weighted by molar-refractivity contribution is 6.00. The van der Waals surface area contributed by atoms with E-state index in [1.807, 2.05) is 31.2 Å². The Bertz CT molecular complexity index is 791. The zero-order valence-electron chi connectivity index (χ0n) is 16.3. The third-order valence-corrected chi connectivity index (χ3v) is 3.94. The van der Waals surface area contributed by atoms with Gasteiger partial charge in [-0.05, 0) is 38.1 Å². The molecule has 7 nitrogen and oxygen atoms in total. The maximum Gasteiger partial charge on any atom is 0.259 e. The van der Waals surface area contributed by atoms with E-state index in [1.54, 1.807) is 40.4 Å². The van der Waals surface area contributed by atoms with Crippen molar-refractivity contribution in [3.05, 3.63) is 47.5 Å². The number of carbonyl (C=O) groups excluding carboxylic acids is 1. The van der Waals surface area contributed by atoms with Crippen molar-refractivity contribution >= 4 is 17.3 Å². The van der Waals surface area contributed by atoms with Crippen LogP contribution in [-0.4, -0.2) is 39.5 Å². The average Bonchev–Trinajstić information content (AvgIpc) is 2.70. The predicted octanol–water partition coefficient (Wildman–Crippen LogP) is 2.97. The van der Waals surface area contributed by atoms with Crippen LogP contribution in [0.2, 0.25) is 0 Å². The van der Waals surface area contributed by atoms with Gasteiger partial charge >= 0.3 is 0 Å². The van der Waals surface area contributed by atoms with Gasteiger partial charge in [0.1, 0.15) is 0 Å². The molecule has 1 amide bonds. The molecular weight excluding hydrogens is 346 g/mol. The van der Waals surface area contributed by atoms with Gasteiger partial charge in [0.25, 0.3) is 5.91 Å². The number of anilines is 1. The van der Waals surface area contributed by atoms with Gasteiger partial charge in [0.2, 0.25) is 5.75 Å². The van der Waals surface area contributed by atoms with Crippen LogP contribution in [0.3, 0.4) is 0 Å². The summed E-state index contributed by atoms with van der Waals surface area (Å²) in [6, 6.07) is 11.4. The van der Waals surface area contributed by atoms with Crippen molar-refractivity contribution in [1.29, 1.82) is 0 Å². The molecule has 0 saturated carbocycles. The number of rotatable bonds is 8. The van der Waals surface area contributed by atoms with Crippen molar-refractivity contribution in [1.82, 2.24) is 5.43 Å². The van der Waals surface area contributed by atoms with Gasteiger partial charge in [0.05, 0.1) is 33.6 Å². The van der Waals surface area contributed by atoms with E-state index in [2.05, 4.69) is 15.8 Å². The first-order chi connectivity index (χ1) is 13.0. The fraction of sp³-hybridized carbons (Fsp3) is 0.300. The number of amides is 1. The van der Waals surface area contributed by atoms with Crippen molar-refractivity contribution in [3.8, 4) is 17.2 Å². The normalized spacial score (nSPS) is 10.9. The minimum absolute atomic E-state index is 0.120. The van der Waals surface area contributed by atoms with E-state index >= 15 is 0 Å². The standard InChI is InChI=1S/C20H25N3O4/c1-13-6-8-16(9-7-13)21-12-19(24)23-22-14(2)15-10-17(25-3)20(27-5)18(11-15)26-4/h6-11,21H,12H2,1-5H3,(H,23,24)/b22-14+. The van der Waals surface area contributed by atoms with Crippen LogP contribution >= 0.6 is 0 Å². The van der Waals surface area contributed by atoms with E-state index in [-0.39, 0.29) is 12.5 Å². The molecule has 0 aliphatic heterocycles. The summed E-state index contributed by atoms with van der Waals surface area (Å²) < 4.78 is 16.0. The number of carbonyl (C=O) groups is 1. The third kappa shape index (κ3) is 5.37. The first-order valence-corrected chi connectivity index (χ1v) is 8.42. The molecule has 0 aliphatic carbocycles. The number of nitrogens with one attached hydrogen (secondary N) is 2. The summed E-state index contributed by atoms with van der Waals surface area (Å²) in [6.45, 7) is 3.92. The Hall–Kier alpha value is -3.22. The Kier molecular flexibility index (Phi) is 7.05. The molecule has 7 heteroatoms. The largest absolute Gasteiger partial charge is 0.493 e. The van der Waals surface area contributed by atoms with Gasteiger partial charge in [0.15, 0.2) is 11.5 Å². The Morgan fingerprint density at radius 3 is 2.11 bits per heavy atom. The van der Waals surface area contributed by atoms with Crippen LogP contribution in [-0.2, 0) is 4.79 Å². The number of benzene rings is 2. The number of nitrogens with zero attached hydrogens (tertiary/aromatic N) is 1. The molecule has 0 bridgehead atoms. The van der Waals surface area contributed by atoms with Crippen LogP contribution in [0.4, 0.5) is 5.69 Å². The van der Waals surface area contributed by atoms with Crippen LogP contribution in [0.5, 0.6) is 17.2 Å². The quantitative estimate of drug-likeness (QED) is 0.551. The Morgan fingerprint density at radius 1 is 1.00 bits per heavy atom. The lowest BCUT2D eigenvalue weighted by Crippen LogP contribution is -2.26. The Morgan fingerprint density at radius 2 is 1.59 bits per heavy atom. The molecule has 0 spiro atoms. The lowest BCUT2D eigenvalue weighted by molar-refractivity contribution is -0.119. The molecule has 144 valence electrons. The minimum Gasteiger partial charge on any atom is -0.493 e. The van der Waals surface area contributed by atoms with Crippen LogP contribution in [0.1, 0.15) is 18.1 Å². The lowest BCUT2D eigenvalue weighted by Gasteiger charge is -2.14. The first-order valence-electron chi connectivity index (χ1n) is 8.42. The lowest BCUT2D eigenvalue weighted by atomic mass is 10.1. The van der Waals surface area contributed by atoms with E-state index in [4.69, 9.17) is 14.2 Å². The number of hydrazone groups is 1. The summed E-state index contributed by atoms with van der Waals surface area (Å²) in [7, 11) is 4.64. The molecule has 0 unspecified atom stereocenters. The molecular formula is C20H25N3O4. The topological polar surface area (TPSA) is 81.2 Å². The van der Waals surface area contributed by atoms with Gasteiger partial charge in [-0.25, -0.2) is 5.43 Å². The van der Waals surface area contributed by atoms with Gasteiger partial charge in [-0.1, -0.05) is 17.7 Å². The second kappa shape index (κ2) is 9.47. The third-order valence-electron chi connectivity index (χ3n) is 3.94. The number of ether oxygens (including phenoxy) is 3. The molecule has 2 aromatic carbocycles. The van der Waals surface area contributed by atoms with E-state index in [9.17, 15) is 4.79 Å². The van der Waals surface area contributed by atoms with Gasteiger partial charge in [-0.3, -0.25) is 4.79 Å². The van der Waals surface area contributed by atoms with Crippen molar-refractivity contribution in [3.63, 3.8) is 0 Å². The highest BCUT2D eigenvalue weighted by atomic mass is 16.5.